The molecule has 0 saturated heterocycles. The van der Waals surface area contributed by atoms with Crippen LogP contribution in [0.4, 0.5) is 0 Å². The third-order valence-corrected chi connectivity index (χ3v) is 6.40. The van der Waals surface area contributed by atoms with Crippen molar-refractivity contribution >= 4 is 53.5 Å². The van der Waals surface area contributed by atoms with Gasteiger partial charge in [-0.05, 0) is 51.8 Å². The molecule has 0 amide bonds. The topological polar surface area (TPSA) is 37.4 Å². The first kappa shape index (κ1) is 17.0. The maximum atomic E-state index is 12.6. The van der Waals surface area contributed by atoms with Crippen molar-refractivity contribution in [2.45, 2.75) is 11.4 Å². The minimum Gasteiger partial charge on any atom is -0.207 e. The standard InChI is InChI=1S/C14H12Br2ClNO2S/c1-18(9-10-3-2-4-12(17)7-10)21(19,20)14-8-11(15)5-6-13(14)16/h2-8H,9H2,1H3. The van der Waals surface area contributed by atoms with Gasteiger partial charge >= 0.3 is 0 Å². The van der Waals surface area contributed by atoms with E-state index in [9.17, 15) is 8.42 Å². The van der Waals surface area contributed by atoms with Crippen molar-refractivity contribution in [3.05, 3.63) is 62.0 Å². The summed E-state index contributed by atoms with van der Waals surface area (Å²) in [5.74, 6) is 0. The van der Waals surface area contributed by atoms with Crippen molar-refractivity contribution < 1.29 is 8.42 Å². The number of rotatable bonds is 4. The van der Waals surface area contributed by atoms with Gasteiger partial charge < -0.3 is 0 Å². The van der Waals surface area contributed by atoms with E-state index in [2.05, 4.69) is 31.9 Å². The summed E-state index contributed by atoms with van der Waals surface area (Å²) in [6, 6.07) is 12.2. The van der Waals surface area contributed by atoms with Crippen molar-refractivity contribution in [3.8, 4) is 0 Å². The number of sulfonamides is 1. The second-order valence-electron chi connectivity index (χ2n) is 4.47. The summed E-state index contributed by atoms with van der Waals surface area (Å²) in [7, 11) is -2.04. The first-order chi connectivity index (χ1) is 9.80. The Balaban J connectivity index is 2.33. The molecule has 2 aromatic carbocycles. The van der Waals surface area contributed by atoms with Gasteiger partial charge in [0.2, 0.25) is 10.0 Å². The fraction of sp³-hybridized carbons (Fsp3) is 0.143. The van der Waals surface area contributed by atoms with Crippen molar-refractivity contribution in [3.63, 3.8) is 0 Å². The molecule has 2 rings (SSSR count). The summed E-state index contributed by atoms with van der Waals surface area (Å²) in [4.78, 5) is 0.224. The van der Waals surface area contributed by atoms with E-state index < -0.39 is 10.0 Å². The number of halogens is 3. The average Bonchev–Trinajstić information content (AvgIpc) is 2.41. The molecule has 0 spiro atoms. The molecular formula is C14H12Br2ClNO2S. The Hall–Kier alpha value is -0.400. The van der Waals surface area contributed by atoms with Crippen LogP contribution in [0.2, 0.25) is 5.02 Å². The number of hydrogen-bond donors (Lipinski definition) is 0. The zero-order chi connectivity index (χ0) is 15.6. The van der Waals surface area contributed by atoms with Crippen LogP contribution in [0.5, 0.6) is 0 Å². The van der Waals surface area contributed by atoms with Crippen LogP contribution >= 0.6 is 43.5 Å². The van der Waals surface area contributed by atoms with Gasteiger partial charge in [0, 0.05) is 27.6 Å². The minimum absolute atomic E-state index is 0.224. The van der Waals surface area contributed by atoms with E-state index in [1.165, 1.54) is 4.31 Å². The van der Waals surface area contributed by atoms with Gasteiger partial charge in [-0.3, -0.25) is 0 Å². The van der Waals surface area contributed by atoms with Crippen LogP contribution in [0.15, 0.2) is 56.3 Å². The van der Waals surface area contributed by atoms with Crippen LogP contribution < -0.4 is 0 Å². The van der Waals surface area contributed by atoms with Crippen LogP contribution in [-0.2, 0) is 16.6 Å². The molecule has 0 N–H and O–H groups in total. The van der Waals surface area contributed by atoms with E-state index in [-0.39, 0.29) is 11.4 Å². The highest BCUT2D eigenvalue weighted by Gasteiger charge is 2.23. The second-order valence-corrected chi connectivity index (χ2v) is 8.69. The Labute approximate surface area is 146 Å². The summed E-state index contributed by atoms with van der Waals surface area (Å²) in [6.07, 6.45) is 0. The first-order valence-electron chi connectivity index (χ1n) is 5.96. The lowest BCUT2D eigenvalue weighted by Crippen LogP contribution is -2.26. The van der Waals surface area contributed by atoms with E-state index in [1.807, 2.05) is 6.07 Å². The third kappa shape index (κ3) is 4.07. The Morgan fingerprint density at radius 2 is 1.86 bits per heavy atom. The van der Waals surface area contributed by atoms with Crippen LogP contribution in [0, 0.1) is 0 Å². The molecule has 0 radical (unpaired) electrons. The largest absolute Gasteiger partial charge is 0.244 e. The van der Waals surface area contributed by atoms with Gasteiger partial charge in [-0.2, -0.15) is 4.31 Å². The predicted molar refractivity (Wildman–Crippen MR) is 91.9 cm³/mol. The smallest absolute Gasteiger partial charge is 0.207 e. The van der Waals surface area contributed by atoms with E-state index in [0.717, 1.165) is 5.56 Å². The van der Waals surface area contributed by atoms with E-state index in [1.54, 1.807) is 43.4 Å². The van der Waals surface area contributed by atoms with Crippen molar-refractivity contribution in [2.24, 2.45) is 0 Å². The van der Waals surface area contributed by atoms with Crippen molar-refractivity contribution in [2.75, 3.05) is 7.05 Å². The van der Waals surface area contributed by atoms with E-state index >= 15 is 0 Å². The molecule has 0 heterocycles. The highest BCUT2D eigenvalue weighted by molar-refractivity contribution is 9.11. The third-order valence-electron chi connectivity index (χ3n) is 2.88. The van der Waals surface area contributed by atoms with Crippen LogP contribution in [0.25, 0.3) is 0 Å². The Kier molecular flexibility index (Phi) is 5.48. The lowest BCUT2D eigenvalue weighted by Gasteiger charge is -2.18. The van der Waals surface area contributed by atoms with Gasteiger partial charge in [0.25, 0.3) is 0 Å². The fourth-order valence-corrected chi connectivity index (χ4v) is 4.65. The van der Waals surface area contributed by atoms with Crippen molar-refractivity contribution in [1.29, 1.82) is 0 Å². The van der Waals surface area contributed by atoms with Gasteiger partial charge in [-0.15, -0.1) is 0 Å². The Bertz CT molecular complexity index is 765. The highest BCUT2D eigenvalue weighted by Crippen LogP contribution is 2.28. The van der Waals surface area contributed by atoms with Gasteiger partial charge in [-0.1, -0.05) is 39.7 Å². The molecule has 2 aromatic rings. The Morgan fingerprint density at radius 3 is 2.52 bits per heavy atom. The van der Waals surface area contributed by atoms with Gasteiger partial charge in [0.05, 0.1) is 4.90 Å². The number of benzene rings is 2. The molecule has 0 bridgehead atoms. The van der Waals surface area contributed by atoms with Gasteiger partial charge in [-0.25, -0.2) is 8.42 Å². The minimum atomic E-state index is -3.59. The monoisotopic (exact) mass is 451 g/mol. The molecule has 0 aliphatic carbocycles. The highest BCUT2D eigenvalue weighted by atomic mass is 79.9. The number of hydrogen-bond acceptors (Lipinski definition) is 2. The second kappa shape index (κ2) is 6.79. The molecule has 0 atom stereocenters. The summed E-state index contributed by atoms with van der Waals surface area (Å²) in [5.41, 5.74) is 0.833. The predicted octanol–water partition coefficient (Wildman–Crippen LogP) is 4.69. The quantitative estimate of drug-likeness (QED) is 0.674. The molecule has 0 fully saturated rings. The molecular weight excluding hydrogens is 441 g/mol. The molecule has 112 valence electrons. The lowest BCUT2D eigenvalue weighted by atomic mass is 10.2. The molecule has 7 heteroatoms. The average molecular weight is 454 g/mol. The zero-order valence-corrected chi connectivity index (χ0v) is 15.8. The SMILES string of the molecule is CN(Cc1cccc(Cl)c1)S(=O)(=O)c1cc(Br)ccc1Br. The van der Waals surface area contributed by atoms with Gasteiger partial charge in [0.15, 0.2) is 0 Å². The number of nitrogens with zero attached hydrogens (tertiary/aromatic N) is 1. The summed E-state index contributed by atoms with van der Waals surface area (Å²) < 4.78 is 27.8. The van der Waals surface area contributed by atoms with Crippen LogP contribution in [0.3, 0.4) is 0 Å². The fourth-order valence-electron chi connectivity index (χ4n) is 1.82. The molecule has 0 saturated carbocycles. The normalized spacial score (nSPS) is 11.9. The van der Waals surface area contributed by atoms with Crippen LogP contribution in [0.1, 0.15) is 5.56 Å². The van der Waals surface area contributed by atoms with E-state index in [4.69, 9.17) is 11.6 Å². The summed E-state index contributed by atoms with van der Waals surface area (Å²) in [6.45, 7) is 0.252. The van der Waals surface area contributed by atoms with Crippen LogP contribution in [-0.4, -0.2) is 19.8 Å². The molecule has 21 heavy (non-hydrogen) atoms. The van der Waals surface area contributed by atoms with Gasteiger partial charge in [0.1, 0.15) is 0 Å². The maximum absolute atomic E-state index is 12.6. The summed E-state index contributed by atoms with van der Waals surface area (Å²) in [5, 5.41) is 0.585. The molecule has 3 nitrogen and oxygen atoms in total. The molecule has 0 aromatic heterocycles. The Morgan fingerprint density at radius 1 is 1.14 bits per heavy atom. The molecule has 0 aliphatic rings. The first-order valence-corrected chi connectivity index (χ1v) is 9.37. The molecule has 0 aliphatic heterocycles. The van der Waals surface area contributed by atoms with E-state index in [0.29, 0.717) is 14.0 Å². The lowest BCUT2D eigenvalue weighted by molar-refractivity contribution is 0.466. The maximum Gasteiger partial charge on any atom is 0.244 e. The summed E-state index contributed by atoms with van der Waals surface area (Å²) >= 11 is 12.5. The zero-order valence-electron chi connectivity index (χ0n) is 11.1. The molecule has 0 unspecified atom stereocenters. The van der Waals surface area contributed by atoms with Crippen molar-refractivity contribution in [1.82, 2.24) is 4.31 Å².